The summed E-state index contributed by atoms with van der Waals surface area (Å²) in [4.78, 5) is 12.4. The average molecular weight is 311 g/mol. The van der Waals surface area contributed by atoms with Gasteiger partial charge < -0.3 is 4.74 Å². The lowest BCUT2D eigenvalue weighted by Gasteiger charge is -2.10. The molecule has 0 radical (unpaired) electrons. The van der Waals surface area contributed by atoms with Crippen molar-refractivity contribution in [3.05, 3.63) is 76.3 Å². The summed E-state index contributed by atoms with van der Waals surface area (Å²) < 4.78 is 5.58. The van der Waals surface area contributed by atoms with Gasteiger partial charge in [0.2, 0.25) is 0 Å². The van der Waals surface area contributed by atoms with Crippen molar-refractivity contribution in [2.45, 2.75) is 13.8 Å². The molecule has 0 N–H and O–H groups in total. The molecule has 0 heterocycles. The van der Waals surface area contributed by atoms with E-state index < -0.39 is 0 Å². The SMILES string of the molecule is Cc1cc(C)cc(C(=O)Oc2ccc(Cl)c3ccccc23)c1. The molecular weight excluding hydrogens is 296 g/mol. The molecule has 3 aromatic rings. The second-order valence-electron chi connectivity index (χ2n) is 5.36. The first kappa shape index (κ1) is 14.6. The fourth-order valence-corrected chi connectivity index (χ4v) is 2.80. The number of halogens is 1. The zero-order valence-corrected chi connectivity index (χ0v) is 13.1. The number of fused-ring (bicyclic) bond motifs is 1. The highest BCUT2D eigenvalue weighted by atomic mass is 35.5. The van der Waals surface area contributed by atoms with Gasteiger partial charge in [0.15, 0.2) is 0 Å². The molecule has 0 bridgehead atoms. The number of carbonyl (C=O) groups is 1. The predicted octanol–water partition coefficient (Wildman–Crippen LogP) is 5.33. The van der Waals surface area contributed by atoms with Gasteiger partial charge in [-0.15, -0.1) is 0 Å². The molecule has 0 saturated heterocycles. The van der Waals surface area contributed by atoms with Crippen LogP contribution in [0.15, 0.2) is 54.6 Å². The van der Waals surface area contributed by atoms with Crippen LogP contribution in [0.3, 0.4) is 0 Å². The second-order valence-corrected chi connectivity index (χ2v) is 5.76. The molecule has 0 unspecified atom stereocenters. The number of benzene rings is 3. The van der Waals surface area contributed by atoms with E-state index in [9.17, 15) is 4.79 Å². The monoisotopic (exact) mass is 310 g/mol. The Balaban J connectivity index is 1.99. The standard InChI is InChI=1S/C19H15ClO2/c1-12-9-13(2)11-14(10-12)19(21)22-18-8-7-17(20)15-5-3-4-6-16(15)18/h3-11H,1-2H3. The van der Waals surface area contributed by atoms with E-state index in [1.807, 2.05) is 56.3 Å². The van der Waals surface area contributed by atoms with Crippen LogP contribution in [0, 0.1) is 13.8 Å². The molecule has 0 aliphatic heterocycles. The quantitative estimate of drug-likeness (QED) is 0.472. The van der Waals surface area contributed by atoms with Gasteiger partial charge in [0.05, 0.1) is 5.56 Å². The van der Waals surface area contributed by atoms with E-state index in [-0.39, 0.29) is 5.97 Å². The van der Waals surface area contributed by atoms with Gasteiger partial charge in [-0.3, -0.25) is 0 Å². The molecule has 110 valence electrons. The normalized spacial score (nSPS) is 10.7. The van der Waals surface area contributed by atoms with E-state index in [2.05, 4.69) is 0 Å². The van der Waals surface area contributed by atoms with Crippen LogP contribution in [0.25, 0.3) is 10.8 Å². The largest absolute Gasteiger partial charge is 0.422 e. The lowest BCUT2D eigenvalue weighted by atomic mass is 10.1. The Morgan fingerprint density at radius 1 is 0.909 bits per heavy atom. The van der Waals surface area contributed by atoms with Crippen LogP contribution in [0.2, 0.25) is 5.02 Å². The summed E-state index contributed by atoms with van der Waals surface area (Å²) in [5.74, 6) is 0.156. The molecule has 0 aliphatic carbocycles. The predicted molar refractivity (Wildman–Crippen MR) is 89.8 cm³/mol. The van der Waals surface area contributed by atoms with Gasteiger partial charge in [-0.25, -0.2) is 4.79 Å². The maximum atomic E-state index is 12.4. The van der Waals surface area contributed by atoms with Crippen LogP contribution in [0.5, 0.6) is 5.75 Å². The number of aryl methyl sites for hydroxylation is 2. The molecule has 0 fully saturated rings. The van der Waals surface area contributed by atoms with E-state index in [4.69, 9.17) is 16.3 Å². The first-order valence-electron chi connectivity index (χ1n) is 7.02. The molecule has 2 nitrogen and oxygen atoms in total. The third-order valence-corrected chi connectivity index (χ3v) is 3.82. The number of ether oxygens (including phenoxy) is 1. The number of hydrogen-bond acceptors (Lipinski definition) is 2. The van der Waals surface area contributed by atoms with Gasteiger partial charge in [0.25, 0.3) is 0 Å². The first-order chi connectivity index (χ1) is 10.5. The summed E-state index contributed by atoms with van der Waals surface area (Å²) in [6.07, 6.45) is 0. The Morgan fingerprint density at radius 2 is 1.55 bits per heavy atom. The van der Waals surface area contributed by atoms with Crippen molar-refractivity contribution in [2.24, 2.45) is 0 Å². The summed E-state index contributed by atoms with van der Waals surface area (Å²) in [5.41, 5.74) is 2.62. The van der Waals surface area contributed by atoms with E-state index in [0.717, 1.165) is 21.9 Å². The van der Waals surface area contributed by atoms with Crippen molar-refractivity contribution >= 4 is 28.3 Å². The molecule has 22 heavy (non-hydrogen) atoms. The van der Waals surface area contributed by atoms with Crippen molar-refractivity contribution < 1.29 is 9.53 Å². The Hall–Kier alpha value is -2.32. The van der Waals surface area contributed by atoms with Crippen LogP contribution in [0.1, 0.15) is 21.5 Å². The van der Waals surface area contributed by atoms with Crippen molar-refractivity contribution in [2.75, 3.05) is 0 Å². The minimum atomic E-state index is -0.362. The maximum absolute atomic E-state index is 12.4. The van der Waals surface area contributed by atoms with Crippen molar-refractivity contribution in [3.8, 4) is 5.75 Å². The van der Waals surface area contributed by atoms with Crippen LogP contribution in [-0.2, 0) is 0 Å². The zero-order chi connectivity index (χ0) is 15.7. The number of rotatable bonds is 2. The van der Waals surface area contributed by atoms with Gasteiger partial charge in [-0.05, 0) is 38.1 Å². The maximum Gasteiger partial charge on any atom is 0.343 e. The molecule has 0 atom stereocenters. The third kappa shape index (κ3) is 2.83. The third-order valence-electron chi connectivity index (χ3n) is 3.49. The molecule has 3 heteroatoms. The molecule has 0 amide bonds. The van der Waals surface area contributed by atoms with E-state index in [0.29, 0.717) is 16.3 Å². The molecule has 3 aromatic carbocycles. The lowest BCUT2D eigenvalue weighted by molar-refractivity contribution is 0.0737. The number of esters is 1. The van der Waals surface area contributed by atoms with Crippen molar-refractivity contribution in [1.82, 2.24) is 0 Å². The average Bonchev–Trinajstić information content (AvgIpc) is 2.49. The fraction of sp³-hybridized carbons (Fsp3) is 0.105. The molecular formula is C19H15ClO2. The van der Waals surface area contributed by atoms with Crippen LogP contribution < -0.4 is 4.74 Å². The van der Waals surface area contributed by atoms with Gasteiger partial charge >= 0.3 is 5.97 Å². The molecule has 0 saturated carbocycles. The second kappa shape index (κ2) is 5.82. The molecule has 3 rings (SSSR count). The van der Waals surface area contributed by atoms with E-state index in [1.54, 1.807) is 12.1 Å². The van der Waals surface area contributed by atoms with E-state index >= 15 is 0 Å². The summed E-state index contributed by atoms with van der Waals surface area (Å²) in [6, 6.07) is 16.8. The molecule has 0 spiro atoms. The van der Waals surface area contributed by atoms with Gasteiger partial charge in [-0.2, -0.15) is 0 Å². The number of carbonyl (C=O) groups excluding carboxylic acids is 1. The van der Waals surface area contributed by atoms with Crippen molar-refractivity contribution in [3.63, 3.8) is 0 Å². The summed E-state index contributed by atoms with van der Waals surface area (Å²) in [7, 11) is 0. The van der Waals surface area contributed by atoms with Crippen LogP contribution in [-0.4, -0.2) is 5.97 Å². The smallest absolute Gasteiger partial charge is 0.343 e. The lowest BCUT2D eigenvalue weighted by Crippen LogP contribution is -2.09. The van der Waals surface area contributed by atoms with Crippen LogP contribution in [0.4, 0.5) is 0 Å². The fourth-order valence-electron chi connectivity index (χ4n) is 2.57. The van der Waals surface area contributed by atoms with E-state index in [1.165, 1.54) is 0 Å². The summed E-state index contributed by atoms with van der Waals surface area (Å²) >= 11 is 6.18. The minimum Gasteiger partial charge on any atom is -0.422 e. The highest BCUT2D eigenvalue weighted by molar-refractivity contribution is 6.35. The summed E-state index contributed by atoms with van der Waals surface area (Å²) in [6.45, 7) is 3.92. The van der Waals surface area contributed by atoms with Gasteiger partial charge in [0.1, 0.15) is 5.75 Å². The Kier molecular flexibility index (Phi) is 3.86. The minimum absolute atomic E-state index is 0.362. The van der Waals surface area contributed by atoms with Crippen LogP contribution >= 0.6 is 11.6 Å². The Morgan fingerprint density at radius 3 is 2.23 bits per heavy atom. The van der Waals surface area contributed by atoms with Gasteiger partial charge in [-0.1, -0.05) is 53.1 Å². The molecule has 0 aliphatic rings. The topological polar surface area (TPSA) is 26.3 Å². The van der Waals surface area contributed by atoms with Crippen molar-refractivity contribution in [1.29, 1.82) is 0 Å². The summed E-state index contributed by atoms with van der Waals surface area (Å²) in [5, 5.41) is 2.34. The molecule has 0 aromatic heterocycles. The van der Waals surface area contributed by atoms with Gasteiger partial charge in [0, 0.05) is 15.8 Å². The number of hydrogen-bond donors (Lipinski definition) is 0. The first-order valence-corrected chi connectivity index (χ1v) is 7.40. The zero-order valence-electron chi connectivity index (χ0n) is 12.4. The highest BCUT2D eigenvalue weighted by Crippen LogP contribution is 2.31. The Bertz CT molecular complexity index is 848. The highest BCUT2D eigenvalue weighted by Gasteiger charge is 2.12. The Labute approximate surface area is 134 Å².